The van der Waals surface area contributed by atoms with Gasteiger partial charge in [-0.2, -0.15) is 0 Å². The van der Waals surface area contributed by atoms with Gasteiger partial charge in [-0.15, -0.1) is 0 Å². The molecule has 12 nitrogen and oxygen atoms in total. The summed E-state index contributed by atoms with van der Waals surface area (Å²) in [5.41, 5.74) is 3.22. The summed E-state index contributed by atoms with van der Waals surface area (Å²) in [4.78, 5) is 71.4. The second kappa shape index (κ2) is 24.1. The SMILES string of the molecule is CC[C@H](C)I(NC(=O)CCCCC[NH2+]C)C(=O)N(C)[C@H](CC(OC(C)=O)c1nc(C(=O)NC(Cc2ccc(-c3ccccc3)cc2)CC(C)C(=O)O)cs1)C(C)C. The number of quaternary nitrogens is 1. The molecule has 2 aromatic carbocycles. The molecule has 0 aliphatic carbocycles. The number of benzene rings is 2. The number of amides is 3. The summed E-state index contributed by atoms with van der Waals surface area (Å²) in [6, 6.07) is 17.1. The van der Waals surface area contributed by atoms with Crippen molar-refractivity contribution < 1.29 is 39.1 Å². The molecular formula is C43H63IN5O7S+. The predicted octanol–water partition coefficient (Wildman–Crippen LogP) is 7.42. The van der Waals surface area contributed by atoms with Crippen molar-refractivity contribution in [3.63, 3.8) is 0 Å². The number of ether oxygens (including phenoxy) is 1. The van der Waals surface area contributed by atoms with Crippen LogP contribution in [0.4, 0.5) is 4.79 Å². The molecule has 0 bridgehead atoms. The number of aliphatic carboxylic acids is 1. The second-order valence-corrected chi connectivity index (χ2v) is 21.3. The zero-order valence-electron chi connectivity index (χ0n) is 34.8. The number of carboxylic acids is 1. The molecule has 57 heavy (non-hydrogen) atoms. The Morgan fingerprint density at radius 3 is 2.21 bits per heavy atom. The molecule has 0 aliphatic heterocycles. The van der Waals surface area contributed by atoms with E-state index in [1.807, 2.05) is 89.3 Å². The number of nitrogens with zero attached hydrogens (tertiary/aromatic N) is 2. The number of carbonyl (C=O) groups is 5. The van der Waals surface area contributed by atoms with E-state index in [2.05, 4.69) is 19.1 Å². The molecule has 3 unspecified atom stereocenters. The summed E-state index contributed by atoms with van der Waals surface area (Å²) in [5, 5.41) is 16.9. The summed E-state index contributed by atoms with van der Waals surface area (Å²) in [5.74, 6) is -2.73. The Kier molecular flexibility index (Phi) is 20.1. The molecule has 14 heteroatoms. The molecule has 1 aromatic heterocycles. The van der Waals surface area contributed by atoms with Crippen molar-refractivity contribution in [1.82, 2.24) is 18.7 Å². The number of halogens is 1. The number of nitrogens with one attached hydrogen (secondary N) is 2. The average Bonchev–Trinajstić information content (AvgIpc) is 3.69. The topological polar surface area (TPSA) is 172 Å². The molecule has 0 aliphatic rings. The van der Waals surface area contributed by atoms with Crippen molar-refractivity contribution >= 4 is 59.1 Å². The molecule has 0 spiro atoms. The second-order valence-electron chi connectivity index (χ2n) is 15.0. The Bertz CT molecular complexity index is 1740. The van der Waals surface area contributed by atoms with Gasteiger partial charge in [0.25, 0.3) is 0 Å². The summed E-state index contributed by atoms with van der Waals surface area (Å²) in [6.45, 7) is 12.0. The Morgan fingerprint density at radius 1 is 0.947 bits per heavy atom. The zero-order valence-corrected chi connectivity index (χ0v) is 37.7. The number of hydrogen-bond acceptors (Lipinski definition) is 8. The van der Waals surface area contributed by atoms with Crippen LogP contribution in [0.3, 0.4) is 0 Å². The van der Waals surface area contributed by atoms with Crippen LogP contribution >= 0.6 is 31.4 Å². The number of thiazole rings is 1. The van der Waals surface area contributed by atoms with Crippen molar-refractivity contribution in [3.05, 3.63) is 76.2 Å². The van der Waals surface area contributed by atoms with Gasteiger partial charge < -0.3 is 5.11 Å². The fourth-order valence-electron chi connectivity index (χ4n) is 6.46. The standard InChI is InChI=1S/C43H62IN5O7S/c1-9-30(5)44(48-39(51)18-14-11-15-23-45-7)43(55)49(8)37(28(2)3)26-38(56-31(6)50)41-47-36(27-57-41)40(52)46-35(24-29(4)42(53)54)25-32-19-21-34(22-20-32)33-16-12-10-13-17-33/h10,12-13,16-17,19-22,27-30,35,37-38,45H,9,11,14-15,18,23-26H2,1-8H3,(H,46,52)(H,48,51)(H,53,54)/p+1/t29?,30-,35?,37+,38?/m0/s1. The van der Waals surface area contributed by atoms with E-state index in [0.717, 1.165) is 48.9 Å². The van der Waals surface area contributed by atoms with Crippen LogP contribution in [-0.4, -0.2) is 79.3 Å². The van der Waals surface area contributed by atoms with Gasteiger partial charge in [0, 0.05) is 0 Å². The molecule has 3 rings (SSSR count). The molecular weight excluding hydrogens is 857 g/mol. The van der Waals surface area contributed by atoms with Crippen molar-refractivity contribution in [3.8, 4) is 11.1 Å². The van der Waals surface area contributed by atoms with Crippen LogP contribution < -0.4 is 14.2 Å². The minimum absolute atomic E-state index is 0.0285. The Labute approximate surface area is 350 Å². The molecule has 3 amide bonds. The van der Waals surface area contributed by atoms with Gasteiger partial charge in [-0.1, -0.05) is 61.5 Å². The van der Waals surface area contributed by atoms with Crippen LogP contribution in [0.5, 0.6) is 0 Å². The van der Waals surface area contributed by atoms with Gasteiger partial charge in [0.1, 0.15) is 0 Å². The van der Waals surface area contributed by atoms with Gasteiger partial charge in [0.2, 0.25) is 0 Å². The first-order valence-electron chi connectivity index (χ1n) is 20.0. The quantitative estimate of drug-likeness (QED) is 0.0137. The van der Waals surface area contributed by atoms with E-state index in [1.165, 1.54) is 18.3 Å². The van der Waals surface area contributed by atoms with Crippen LogP contribution in [0.25, 0.3) is 11.1 Å². The van der Waals surface area contributed by atoms with Crippen molar-refractivity contribution in [1.29, 1.82) is 0 Å². The van der Waals surface area contributed by atoms with Crippen LogP contribution in [0.15, 0.2) is 60.0 Å². The fraction of sp³-hybridized carbons (Fsp3) is 0.535. The Hall–Kier alpha value is -3.89. The van der Waals surface area contributed by atoms with E-state index in [9.17, 15) is 29.1 Å². The molecule has 0 saturated carbocycles. The Balaban J connectivity index is 1.78. The number of rotatable bonds is 24. The molecule has 0 fully saturated rings. The third kappa shape index (κ3) is 15.4. The molecule has 3 aromatic rings. The number of carboxylic acid groups (broad SMARTS) is 1. The summed E-state index contributed by atoms with van der Waals surface area (Å²) < 4.78 is 8.97. The number of unbranched alkanes of at least 4 members (excludes halogenated alkanes) is 2. The van der Waals surface area contributed by atoms with Gasteiger partial charge >= 0.3 is 258 Å². The van der Waals surface area contributed by atoms with Gasteiger partial charge in [-0.25, -0.2) is 0 Å². The molecule has 1 heterocycles. The molecule has 0 saturated heterocycles. The summed E-state index contributed by atoms with van der Waals surface area (Å²) in [7, 11) is 3.79. The number of aromatic nitrogens is 1. The average molecular weight is 921 g/mol. The van der Waals surface area contributed by atoms with E-state index in [0.29, 0.717) is 17.8 Å². The zero-order chi connectivity index (χ0) is 42.1. The van der Waals surface area contributed by atoms with Gasteiger partial charge in [0.05, 0.1) is 5.92 Å². The predicted molar refractivity (Wildman–Crippen MR) is 234 cm³/mol. The normalized spacial score (nSPS) is 14.2. The van der Waals surface area contributed by atoms with Crippen molar-refractivity contribution in [2.24, 2.45) is 11.8 Å². The number of nitrogens with two attached hydrogens (primary N) is 1. The molecule has 5 N–H and O–H groups in total. The first kappa shape index (κ1) is 47.5. The van der Waals surface area contributed by atoms with Crippen LogP contribution in [0.1, 0.15) is 114 Å². The number of carbonyl (C=O) groups excluding carboxylic acids is 4. The maximum atomic E-state index is 14.2. The van der Waals surface area contributed by atoms with E-state index >= 15 is 0 Å². The number of alkyl halides is 1. The minimum atomic E-state index is -2.69. The van der Waals surface area contributed by atoms with Crippen LogP contribution in [-0.2, 0) is 25.5 Å². The van der Waals surface area contributed by atoms with Crippen LogP contribution in [0, 0.1) is 11.8 Å². The van der Waals surface area contributed by atoms with E-state index in [1.54, 1.807) is 24.3 Å². The van der Waals surface area contributed by atoms with Crippen molar-refractivity contribution in [2.75, 3.05) is 20.6 Å². The summed E-state index contributed by atoms with van der Waals surface area (Å²) >= 11 is -1.49. The van der Waals surface area contributed by atoms with E-state index in [4.69, 9.17) is 4.74 Å². The van der Waals surface area contributed by atoms with Gasteiger partial charge in [0.15, 0.2) is 0 Å². The van der Waals surface area contributed by atoms with Crippen LogP contribution in [0.2, 0.25) is 0 Å². The van der Waals surface area contributed by atoms with Crippen molar-refractivity contribution in [2.45, 2.75) is 115 Å². The van der Waals surface area contributed by atoms with E-state index < -0.39 is 56.0 Å². The monoisotopic (exact) mass is 920 g/mol. The fourth-order valence-corrected chi connectivity index (χ4v) is 11.9. The first-order valence-corrected chi connectivity index (χ1v) is 24.3. The van der Waals surface area contributed by atoms with Gasteiger partial charge in [-0.05, 0) is 16.7 Å². The Morgan fingerprint density at radius 2 is 1.61 bits per heavy atom. The molecule has 314 valence electrons. The molecule has 0 radical (unpaired) electrons. The summed E-state index contributed by atoms with van der Waals surface area (Å²) in [6.07, 6.45) is 4.00. The van der Waals surface area contributed by atoms with Gasteiger partial charge in [-0.3, -0.25) is 4.79 Å². The number of esters is 1. The van der Waals surface area contributed by atoms with E-state index in [-0.39, 0.29) is 44.2 Å². The molecule has 5 atom stereocenters. The third-order valence-electron chi connectivity index (χ3n) is 9.99. The maximum absolute atomic E-state index is 14.2. The third-order valence-corrected chi connectivity index (χ3v) is 16.9. The number of hydrogen-bond donors (Lipinski definition) is 4. The first-order chi connectivity index (χ1) is 27.1.